The predicted molar refractivity (Wildman–Crippen MR) is 121 cm³/mol. The smallest absolute Gasteiger partial charge is 0.261 e. The first-order valence-electron chi connectivity index (χ1n) is 10.2. The maximum atomic E-state index is 12.8. The van der Waals surface area contributed by atoms with Crippen molar-refractivity contribution in [2.24, 2.45) is 0 Å². The Bertz CT molecular complexity index is 984. The third kappa shape index (κ3) is 4.44. The molecule has 2 aromatic rings. The number of rotatable bonds is 4. The highest BCUT2D eigenvalue weighted by atomic mass is 79.9. The van der Waals surface area contributed by atoms with Crippen LogP contribution in [0.2, 0.25) is 0 Å². The maximum absolute atomic E-state index is 12.8. The van der Waals surface area contributed by atoms with Crippen LogP contribution in [-0.2, 0) is 4.79 Å². The molecule has 8 heteroatoms. The van der Waals surface area contributed by atoms with E-state index in [1.807, 2.05) is 36.1 Å². The molecule has 0 aliphatic carbocycles. The second kappa shape index (κ2) is 8.89. The van der Waals surface area contributed by atoms with Gasteiger partial charge in [-0.15, -0.1) is 11.3 Å². The maximum Gasteiger partial charge on any atom is 0.261 e. The van der Waals surface area contributed by atoms with Crippen molar-refractivity contribution in [2.45, 2.75) is 38.6 Å². The van der Waals surface area contributed by atoms with Crippen molar-refractivity contribution >= 4 is 50.7 Å². The van der Waals surface area contributed by atoms with Gasteiger partial charge >= 0.3 is 0 Å². The monoisotopic (exact) mass is 489 g/mol. The summed E-state index contributed by atoms with van der Waals surface area (Å²) in [6, 6.07) is 8.92. The molecule has 30 heavy (non-hydrogen) atoms. The lowest BCUT2D eigenvalue weighted by Crippen LogP contribution is -2.37. The number of piperidine rings is 1. The minimum atomic E-state index is -0.235. The number of thiophene rings is 1. The topological polar surface area (TPSA) is 69.7 Å². The van der Waals surface area contributed by atoms with Gasteiger partial charge in [-0.3, -0.25) is 14.4 Å². The van der Waals surface area contributed by atoms with Crippen molar-refractivity contribution in [2.75, 3.05) is 24.5 Å². The Kier molecular flexibility index (Phi) is 6.24. The number of likely N-dealkylation sites (tertiary alicyclic amines) is 1. The lowest BCUT2D eigenvalue weighted by atomic mass is 10.0. The Balaban J connectivity index is 1.43. The molecule has 1 atom stereocenters. The number of carbonyl (C=O) groups is 3. The molecule has 0 radical (unpaired) electrons. The summed E-state index contributed by atoms with van der Waals surface area (Å²) in [6.45, 7) is 3.96. The summed E-state index contributed by atoms with van der Waals surface area (Å²) >= 11 is 4.73. The number of carbonyl (C=O) groups excluding carboxylic acids is 3. The SMILES string of the molecule is Cc1cc(N2CC(NC(=O)c3ccc(Br)s3)CC2=O)ccc1C(=O)N1CCCCC1. The van der Waals surface area contributed by atoms with Gasteiger partial charge in [0.2, 0.25) is 5.91 Å². The van der Waals surface area contributed by atoms with E-state index in [-0.39, 0.29) is 30.2 Å². The minimum Gasteiger partial charge on any atom is -0.346 e. The predicted octanol–water partition coefficient (Wildman–Crippen LogP) is 3.98. The molecule has 2 fully saturated rings. The van der Waals surface area contributed by atoms with Crippen LogP contribution in [0.4, 0.5) is 5.69 Å². The summed E-state index contributed by atoms with van der Waals surface area (Å²) in [5, 5.41) is 2.95. The first-order chi connectivity index (χ1) is 14.4. The number of hydrogen-bond donors (Lipinski definition) is 1. The van der Waals surface area contributed by atoms with Crippen molar-refractivity contribution in [1.29, 1.82) is 0 Å². The van der Waals surface area contributed by atoms with Crippen molar-refractivity contribution in [3.05, 3.63) is 50.1 Å². The van der Waals surface area contributed by atoms with E-state index < -0.39 is 0 Å². The average molecular weight is 490 g/mol. The van der Waals surface area contributed by atoms with E-state index >= 15 is 0 Å². The van der Waals surface area contributed by atoms with E-state index in [0.717, 1.165) is 41.0 Å². The van der Waals surface area contributed by atoms with Gasteiger partial charge in [0.25, 0.3) is 11.8 Å². The van der Waals surface area contributed by atoms with E-state index in [4.69, 9.17) is 0 Å². The van der Waals surface area contributed by atoms with Gasteiger partial charge in [-0.05, 0) is 78.0 Å². The van der Waals surface area contributed by atoms with Gasteiger partial charge in [-0.25, -0.2) is 0 Å². The van der Waals surface area contributed by atoms with Gasteiger partial charge in [0.05, 0.1) is 14.7 Å². The minimum absolute atomic E-state index is 0.0258. The molecule has 3 amide bonds. The summed E-state index contributed by atoms with van der Waals surface area (Å²) in [4.78, 5) is 42.0. The molecule has 1 aromatic carbocycles. The van der Waals surface area contributed by atoms with Crippen LogP contribution in [0, 0.1) is 6.92 Å². The van der Waals surface area contributed by atoms with E-state index in [2.05, 4.69) is 21.2 Å². The molecule has 1 unspecified atom stereocenters. The van der Waals surface area contributed by atoms with Crippen LogP contribution < -0.4 is 10.2 Å². The van der Waals surface area contributed by atoms with Crippen LogP contribution in [0.5, 0.6) is 0 Å². The van der Waals surface area contributed by atoms with Gasteiger partial charge in [0.15, 0.2) is 0 Å². The molecule has 6 nitrogen and oxygen atoms in total. The van der Waals surface area contributed by atoms with E-state index in [0.29, 0.717) is 17.0 Å². The first kappa shape index (κ1) is 21.1. The lowest BCUT2D eigenvalue weighted by molar-refractivity contribution is -0.117. The fourth-order valence-corrected chi connectivity index (χ4v) is 5.36. The zero-order valence-electron chi connectivity index (χ0n) is 16.8. The molecule has 3 heterocycles. The van der Waals surface area contributed by atoms with Gasteiger partial charge in [0.1, 0.15) is 0 Å². The van der Waals surface area contributed by atoms with E-state index in [1.54, 1.807) is 11.0 Å². The number of amides is 3. The Labute approximate surface area is 188 Å². The average Bonchev–Trinajstić information content (AvgIpc) is 3.33. The van der Waals surface area contributed by atoms with Crippen molar-refractivity contribution in [3.8, 4) is 0 Å². The Morgan fingerprint density at radius 1 is 1.13 bits per heavy atom. The first-order valence-corrected chi connectivity index (χ1v) is 11.8. The number of nitrogens with zero attached hydrogens (tertiary/aromatic N) is 2. The van der Waals surface area contributed by atoms with E-state index in [1.165, 1.54) is 17.8 Å². The van der Waals surface area contributed by atoms with Crippen LogP contribution in [0.3, 0.4) is 0 Å². The Morgan fingerprint density at radius 2 is 1.90 bits per heavy atom. The van der Waals surface area contributed by atoms with Crippen LogP contribution in [0.1, 0.15) is 51.3 Å². The molecular weight excluding hydrogens is 466 g/mol. The molecule has 0 saturated carbocycles. The third-order valence-electron chi connectivity index (χ3n) is 5.65. The van der Waals surface area contributed by atoms with Crippen molar-refractivity contribution in [3.63, 3.8) is 0 Å². The standard InChI is InChI=1S/C22H24BrN3O3S/c1-14-11-16(5-6-17(14)22(29)25-9-3-2-4-10-25)26-13-15(12-20(26)27)24-21(28)18-7-8-19(23)30-18/h5-8,11,15H,2-4,9-10,12-13H2,1H3,(H,24,28). The molecule has 1 aromatic heterocycles. The van der Waals surface area contributed by atoms with Crippen LogP contribution >= 0.6 is 27.3 Å². The van der Waals surface area contributed by atoms with Crippen molar-refractivity contribution < 1.29 is 14.4 Å². The summed E-state index contributed by atoms with van der Waals surface area (Å²) < 4.78 is 0.895. The van der Waals surface area contributed by atoms with Crippen LogP contribution in [0.25, 0.3) is 0 Å². The molecule has 158 valence electrons. The molecule has 2 saturated heterocycles. The van der Waals surface area contributed by atoms with Gasteiger partial charge in [-0.1, -0.05) is 0 Å². The molecule has 2 aliphatic heterocycles. The highest BCUT2D eigenvalue weighted by Gasteiger charge is 2.32. The largest absolute Gasteiger partial charge is 0.346 e. The zero-order valence-corrected chi connectivity index (χ0v) is 19.2. The summed E-state index contributed by atoms with van der Waals surface area (Å²) in [5.41, 5.74) is 2.33. The number of aryl methyl sites for hydroxylation is 1. The fourth-order valence-electron chi connectivity index (χ4n) is 4.07. The molecular formula is C22H24BrN3O3S. The lowest BCUT2D eigenvalue weighted by Gasteiger charge is -2.27. The second-order valence-corrected chi connectivity index (χ2v) is 10.3. The fraction of sp³-hybridized carbons (Fsp3) is 0.409. The van der Waals surface area contributed by atoms with Crippen molar-refractivity contribution in [1.82, 2.24) is 10.2 Å². The quantitative estimate of drug-likeness (QED) is 0.705. The molecule has 0 bridgehead atoms. The Hall–Kier alpha value is -2.19. The number of hydrogen-bond acceptors (Lipinski definition) is 4. The second-order valence-electron chi connectivity index (χ2n) is 7.83. The molecule has 0 spiro atoms. The molecule has 1 N–H and O–H groups in total. The molecule has 2 aliphatic rings. The number of halogens is 1. The number of nitrogens with one attached hydrogen (secondary N) is 1. The number of anilines is 1. The van der Waals surface area contributed by atoms with Crippen LogP contribution in [-0.4, -0.2) is 48.3 Å². The van der Waals surface area contributed by atoms with Gasteiger partial charge in [0, 0.05) is 37.3 Å². The van der Waals surface area contributed by atoms with Gasteiger partial charge < -0.3 is 15.1 Å². The highest BCUT2D eigenvalue weighted by molar-refractivity contribution is 9.11. The zero-order chi connectivity index (χ0) is 21.3. The van der Waals surface area contributed by atoms with Crippen LogP contribution in [0.15, 0.2) is 34.1 Å². The summed E-state index contributed by atoms with van der Waals surface area (Å²) in [5.74, 6) is -0.120. The third-order valence-corrected chi connectivity index (χ3v) is 7.28. The number of benzene rings is 1. The van der Waals surface area contributed by atoms with E-state index in [9.17, 15) is 14.4 Å². The molecule has 4 rings (SSSR count). The summed E-state index contributed by atoms with van der Waals surface area (Å²) in [6.07, 6.45) is 3.56. The highest BCUT2D eigenvalue weighted by Crippen LogP contribution is 2.27. The van der Waals surface area contributed by atoms with Gasteiger partial charge in [-0.2, -0.15) is 0 Å². The Morgan fingerprint density at radius 3 is 2.57 bits per heavy atom. The summed E-state index contributed by atoms with van der Waals surface area (Å²) in [7, 11) is 0. The normalized spacial score (nSPS) is 19.3.